The lowest BCUT2D eigenvalue weighted by Crippen LogP contribution is -2.50. The van der Waals surface area contributed by atoms with Gasteiger partial charge in [0.1, 0.15) is 0 Å². The van der Waals surface area contributed by atoms with Crippen molar-refractivity contribution in [2.24, 2.45) is 11.1 Å². The average Bonchev–Trinajstić information content (AvgIpc) is 2.68. The fourth-order valence-corrected chi connectivity index (χ4v) is 3.14. The topological polar surface area (TPSA) is 66.6 Å². The molecule has 4 heteroatoms. The second kappa shape index (κ2) is 4.85. The summed E-state index contributed by atoms with van der Waals surface area (Å²) in [5.41, 5.74) is 7.32. The molecular formula is C15H22N2O2. The van der Waals surface area contributed by atoms with Gasteiger partial charge in [-0.1, -0.05) is 51.1 Å². The molecule has 0 aromatic heterocycles. The Morgan fingerprint density at radius 2 is 1.89 bits per heavy atom. The van der Waals surface area contributed by atoms with Gasteiger partial charge in [0.05, 0.1) is 6.04 Å². The van der Waals surface area contributed by atoms with Crippen molar-refractivity contribution in [2.45, 2.75) is 38.8 Å². The van der Waals surface area contributed by atoms with Crippen LogP contribution in [-0.2, 0) is 0 Å². The Balaban J connectivity index is 2.34. The van der Waals surface area contributed by atoms with Gasteiger partial charge in [-0.2, -0.15) is 0 Å². The van der Waals surface area contributed by atoms with Crippen molar-refractivity contribution in [3.63, 3.8) is 0 Å². The highest BCUT2D eigenvalue weighted by Crippen LogP contribution is 2.39. The molecular weight excluding hydrogens is 240 g/mol. The molecule has 1 saturated heterocycles. The van der Waals surface area contributed by atoms with E-state index < -0.39 is 6.09 Å². The van der Waals surface area contributed by atoms with Gasteiger partial charge in [-0.3, -0.25) is 0 Å². The van der Waals surface area contributed by atoms with E-state index in [0.717, 1.165) is 5.56 Å². The van der Waals surface area contributed by atoms with E-state index in [-0.39, 0.29) is 23.4 Å². The monoisotopic (exact) mass is 262 g/mol. The summed E-state index contributed by atoms with van der Waals surface area (Å²) in [5.74, 6) is 0.0709. The molecule has 0 radical (unpaired) electrons. The zero-order valence-electron chi connectivity index (χ0n) is 11.7. The first-order chi connectivity index (χ1) is 8.82. The number of nitrogens with two attached hydrogens (primary N) is 1. The number of benzene rings is 1. The Kier molecular flexibility index (Phi) is 3.54. The van der Waals surface area contributed by atoms with Crippen LogP contribution in [0.1, 0.15) is 32.3 Å². The lowest BCUT2D eigenvalue weighted by atomic mass is 9.79. The van der Waals surface area contributed by atoms with E-state index >= 15 is 0 Å². The van der Waals surface area contributed by atoms with Crippen LogP contribution in [0.5, 0.6) is 0 Å². The molecule has 0 aliphatic carbocycles. The van der Waals surface area contributed by atoms with Crippen molar-refractivity contribution in [2.75, 3.05) is 6.54 Å². The predicted octanol–water partition coefficient (Wildman–Crippen LogP) is 2.51. The van der Waals surface area contributed by atoms with Crippen molar-refractivity contribution in [1.29, 1.82) is 0 Å². The summed E-state index contributed by atoms with van der Waals surface area (Å²) in [6.45, 7) is 6.60. The third-order valence-corrected chi connectivity index (χ3v) is 3.92. The highest BCUT2D eigenvalue weighted by atomic mass is 16.4. The lowest BCUT2D eigenvalue weighted by molar-refractivity contribution is 0.102. The molecule has 1 heterocycles. The molecule has 3 unspecified atom stereocenters. The van der Waals surface area contributed by atoms with E-state index in [1.54, 1.807) is 0 Å². The quantitative estimate of drug-likeness (QED) is 0.817. The van der Waals surface area contributed by atoms with E-state index in [9.17, 15) is 9.90 Å². The predicted molar refractivity (Wildman–Crippen MR) is 75.1 cm³/mol. The van der Waals surface area contributed by atoms with Crippen LogP contribution in [0.25, 0.3) is 0 Å². The second-order valence-electron chi connectivity index (χ2n) is 6.34. The molecule has 1 amide bonds. The van der Waals surface area contributed by atoms with Crippen molar-refractivity contribution >= 4 is 6.09 Å². The maximum atomic E-state index is 11.5. The third kappa shape index (κ3) is 2.59. The van der Waals surface area contributed by atoms with Crippen molar-refractivity contribution in [3.8, 4) is 0 Å². The van der Waals surface area contributed by atoms with Crippen molar-refractivity contribution < 1.29 is 9.90 Å². The van der Waals surface area contributed by atoms with Crippen LogP contribution in [0.15, 0.2) is 30.3 Å². The smallest absolute Gasteiger partial charge is 0.407 e. The van der Waals surface area contributed by atoms with Gasteiger partial charge in [-0.15, -0.1) is 0 Å². The first-order valence-corrected chi connectivity index (χ1v) is 6.62. The molecule has 104 valence electrons. The largest absolute Gasteiger partial charge is 0.465 e. The molecule has 3 atom stereocenters. The Morgan fingerprint density at radius 3 is 2.32 bits per heavy atom. The Bertz CT molecular complexity index is 453. The molecule has 1 aromatic rings. The van der Waals surface area contributed by atoms with Crippen LogP contribution in [0.3, 0.4) is 0 Å². The fourth-order valence-electron chi connectivity index (χ4n) is 3.14. The standard InChI is InChI=1S/C15H22N2O2/c1-15(2,3)13-12(16)11(9-17(13)14(18)19)10-7-5-4-6-8-10/h4-8,11-13H,9,16H2,1-3H3,(H,18,19). The third-order valence-electron chi connectivity index (χ3n) is 3.92. The number of nitrogens with zero attached hydrogens (tertiary/aromatic N) is 1. The Hall–Kier alpha value is -1.55. The first-order valence-electron chi connectivity index (χ1n) is 6.62. The molecule has 3 N–H and O–H groups in total. The summed E-state index contributed by atoms with van der Waals surface area (Å²) in [4.78, 5) is 13.0. The second-order valence-corrected chi connectivity index (χ2v) is 6.34. The first kappa shape index (κ1) is 13.9. The van der Waals surface area contributed by atoms with Crippen LogP contribution in [0.4, 0.5) is 4.79 Å². The molecule has 1 aromatic carbocycles. The summed E-state index contributed by atoms with van der Waals surface area (Å²) in [6.07, 6.45) is -0.881. The molecule has 1 aliphatic heterocycles. The van der Waals surface area contributed by atoms with E-state index in [1.165, 1.54) is 4.90 Å². The number of amides is 1. The number of hydrogen-bond donors (Lipinski definition) is 2. The number of hydrogen-bond acceptors (Lipinski definition) is 2. The molecule has 4 nitrogen and oxygen atoms in total. The average molecular weight is 262 g/mol. The fraction of sp³-hybridized carbons (Fsp3) is 0.533. The minimum atomic E-state index is -0.881. The van der Waals surface area contributed by atoms with Crippen LogP contribution >= 0.6 is 0 Å². The maximum absolute atomic E-state index is 11.5. The maximum Gasteiger partial charge on any atom is 0.407 e. The molecule has 1 fully saturated rings. The number of carbonyl (C=O) groups is 1. The van der Waals surface area contributed by atoms with Gasteiger partial charge in [0.25, 0.3) is 0 Å². The molecule has 0 saturated carbocycles. The minimum absolute atomic E-state index is 0.0709. The zero-order valence-corrected chi connectivity index (χ0v) is 11.7. The van der Waals surface area contributed by atoms with Crippen molar-refractivity contribution in [1.82, 2.24) is 4.90 Å². The van der Waals surface area contributed by atoms with Gasteiger partial charge in [-0.05, 0) is 11.0 Å². The Labute approximate surface area is 114 Å². The molecule has 2 rings (SSSR count). The van der Waals surface area contributed by atoms with Gasteiger partial charge in [0.15, 0.2) is 0 Å². The van der Waals surface area contributed by atoms with Gasteiger partial charge < -0.3 is 15.7 Å². The number of rotatable bonds is 1. The van der Waals surface area contributed by atoms with E-state index in [4.69, 9.17) is 5.73 Å². The van der Waals surface area contributed by atoms with Gasteiger partial charge in [0, 0.05) is 18.5 Å². The van der Waals surface area contributed by atoms with Crippen LogP contribution in [-0.4, -0.2) is 34.7 Å². The lowest BCUT2D eigenvalue weighted by Gasteiger charge is -2.35. The highest BCUT2D eigenvalue weighted by Gasteiger charge is 2.47. The summed E-state index contributed by atoms with van der Waals surface area (Å²) in [7, 11) is 0. The van der Waals surface area contributed by atoms with Crippen molar-refractivity contribution in [3.05, 3.63) is 35.9 Å². The summed E-state index contributed by atoms with van der Waals surface area (Å²) in [5, 5.41) is 9.40. The summed E-state index contributed by atoms with van der Waals surface area (Å²) in [6, 6.07) is 9.62. The molecule has 0 spiro atoms. The SMILES string of the molecule is CC(C)(C)C1C(N)C(c2ccccc2)CN1C(=O)O. The van der Waals surface area contributed by atoms with Gasteiger partial charge in [-0.25, -0.2) is 4.79 Å². The molecule has 0 bridgehead atoms. The van der Waals surface area contributed by atoms with Crippen LogP contribution in [0, 0.1) is 5.41 Å². The highest BCUT2D eigenvalue weighted by molar-refractivity contribution is 5.66. The summed E-state index contributed by atoms with van der Waals surface area (Å²) < 4.78 is 0. The normalized spacial score (nSPS) is 27.6. The van der Waals surface area contributed by atoms with Crippen LogP contribution in [0.2, 0.25) is 0 Å². The van der Waals surface area contributed by atoms with Gasteiger partial charge >= 0.3 is 6.09 Å². The number of likely N-dealkylation sites (tertiary alicyclic amines) is 1. The minimum Gasteiger partial charge on any atom is -0.465 e. The van der Waals surface area contributed by atoms with E-state index in [2.05, 4.69) is 0 Å². The molecule has 19 heavy (non-hydrogen) atoms. The van der Waals surface area contributed by atoms with E-state index in [0.29, 0.717) is 6.54 Å². The zero-order chi connectivity index (χ0) is 14.2. The van der Waals surface area contributed by atoms with E-state index in [1.807, 2.05) is 51.1 Å². The van der Waals surface area contributed by atoms with Crippen LogP contribution < -0.4 is 5.73 Å². The summed E-state index contributed by atoms with van der Waals surface area (Å²) >= 11 is 0. The Morgan fingerprint density at radius 1 is 1.32 bits per heavy atom. The van der Waals surface area contributed by atoms with Gasteiger partial charge in [0.2, 0.25) is 0 Å². The molecule has 1 aliphatic rings. The number of carboxylic acid groups (broad SMARTS) is 1.